The van der Waals surface area contributed by atoms with Gasteiger partial charge in [0.2, 0.25) is 0 Å². The van der Waals surface area contributed by atoms with Crippen molar-refractivity contribution in [3.05, 3.63) is 18.0 Å². The van der Waals surface area contributed by atoms with Gasteiger partial charge in [-0.05, 0) is 24.8 Å². The van der Waals surface area contributed by atoms with Gasteiger partial charge in [0.05, 0.1) is 12.8 Å². The van der Waals surface area contributed by atoms with Crippen LogP contribution in [0.3, 0.4) is 0 Å². The predicted molar refractivity (Wildman–Crippen MR) is 74.6 cm³/mol. The van der Waals surface area contributed by atoms with Gasteiger partial charge in [0.15, 0.2) is 0 Å². The van der Waals surface area contributed by atoms with Crippen LogP contribution in [0.5, 0.6) is 0 Å². The van der Waals surface area contributed by atoms with Gasteiger partial charge in [-0.25, -0.2) is 0 Å². The third kappa shape index (κ3) is 5.03. The van der Waals surface area contributed by atoms with Crippen LogP contribution in [0.15, 0.2) is 12.3 Å². The van der Waals surface area contributed by atoms with E-state index < -0.39 is 0 Å². The van der Waals surface area contributed by atoms with Gasteiger partial charge in [-0.15, -0.1) is 0 Å². The molecule has 0 aliphatic heterocycles. The van der Waals surface area contributed by atoms with Crippen molar-refractivity contribution < 1.29 is 9.53 Å². The van der Waals surface area contributed by atoms with E-state index in [1.54, 1.807) is 6.20 Å². The maximum atomic E-state index is 11.7. The van der Waals surface area contributed by atoms with Crippen LogP contribution in [0.25, 0.3) is 0 Å². The van der Waals surface area contributed by atoms with Crippen LogP contribution in [0.2, 0.25) is 0 Å². The summed E-state index contributed by atoms with van der Waals surface area (Å²) in [5.74, 6) is 0.243. The highest BCUT2D eigenvalue weighted by atomic mass is 16.5. The van der Waals surface area contributed by atoms with Gasteiger partial charge in [0.25, 0.3) is 0 Å². The first-order chi connectivity index (χ1) is 9.08. The van der Waals surface area contributed by atoms with Gasteiger partial charge >= 0.3 is 5.97 Å². The average Bonchev–Trinajstić information content (AvgIpc) is 2.81. The second kappa shape index (κ2) is 7.94. The molecule has 0 saturated carbocycles. The number of aromatic nitrogens is 2. The molecule has 0 bridgehead atoms. The van der Waals surface area contributed by atoms with Gasteiger partial charge in [0, 0.05) is 19.3 Å². The van der Waals surface area contributed by atoms with Crippen molar-refractivity contribution in [3.63, 3.8) is 0 Å². The van der Waals surface area contributed by atoms with Crippen molar-refractivity contribution in [1.82, 2.24) is 15.1 Å². The number of aryl methyl sites for hydroxylation is 1. The number of hydrogen-bond acceptors (Lipinski definition) is 4. The molecule has 0 aliphatic carbocycles. The van der Waals surface area contributed by atoms with E-state index >= 15 is 0 Å². The molecule has 1 heterocycles. The first-order valence-corrected chi connectivity index (χ1v) is 6.90. The minimum Gasteiger partial charge on any atom is -0.468 e. The van der Waals surface area contributed by atoms with E-state index in [0.29, 0.717) is 12.5 Å². The minimum absolute atomic E-state index is 0.199. The lowest BCUT2D eigenvalue weighted by Crippen LogP contribution is -2.38. The van der Waals surface area contributed by atoms with E-state index in [1.807, 2.05) is 10.7 Å². The van der Waals surface area contributed by atoms with E-state index in [0.717, 1.165) is 25.1 Å². The number of hydrogen-bond donors (Lipinski definition) is 1. The average molecular weight is 267 g/mol. The summed E-state index contributed by atoms with van der Waals surface area (Å²) in [6.45, 7) is 7.84. The van der Waals surface area contributed by atoms with Crippen molar-refractivity contribution >= 4 is 5.97 Å². The molecule has 1 rings (SSSR count). The smallest absolute Gasteiger partial charge is 0.322 e. The van der Waals surface area contributed by atoms with E-state index in [1.165, 1.54) is 7.11 Å². The van der Waals surface area contributed by atoms with Crippen molar-refractivity contribution in [2.24, 2.45) is 5.92 Å². The van der Waals surface area contributed by atoms with E-state index in [-0.39, 0.29) is 12.0 Å². The molecule has 108 valence electrons. The van der Waals surface area contributed by atoms with Crippen LogP contribution in [0.4, 0.5) is 0 Å². The quantitative estimate of drug-likeness (QED) is 0.732. The number of rotatable bonds is 8. The second-order valence-corrected chi connectivity index (χ2v) is 5.13. The van der Waals surface area contributed by atoms with Gasteiger partial charge in [-0.1, -0.05) is 20.8 Å². The minimum atomic E-state index is -0.255. The maximum Gasteiger partial charge on any atom is 0.322 e. The molecule has 0 aromatic carbocycles. The Morgan fingerprint density at radius 1 is 1.53 bits per heavy atom. The molecule has 19 heavy (non-hydrogen) atoms. The summed E-state index contributed by atoms with van der Waals surface area (Å²) in [4.78, 5) is 11.7. The molecule has 1 atom stereocenters. The van der Waals surface area contributed by atoms with Crippen LogP contribution < -0.4 is 5.32 Å². The van der Waals surface area contributed by atoms with Gasteiger partial charge < -0.3 is 4.74 Å². The fourth-order valence-electron chi connectivity index (χ4n) is 2.03. The SMILES string of the molecule is CCCn1nccc1CNC(CC(C)C)C(=O)OC. The van der Waals surface area contributed by atoms with Gasteiger partial charge in [0.1, 0.15) is 6.04 Å². The fraction of sp³-hybridized carbons (Fsp3) is 0.714. The molecule has 5 heteroatoms. The third-order valence-electron chi connectivity index (χ3n) is 2.96. The van der Waals surface area contributed by atoms with Gasteiger partial charge in [-0.2, -0.15) is 5.10 Å². The monoisotopic (exact) mass is 267 g/mol. The number of esters is 1. The molecule has 1 N–H and O–H groups in total. The molecule has 0 amide bonds. The second-order valence-electron chi connectivity index (χ2n) is 5.13. The van der Waals surface area contributed by atoms with Crippen molar-refractivity contribution in [2.75, 3.05) is 7.11 Å². The summed E-state index contributed by atoms with van der Waals surface area (Å²) in [7, 11) is 1.43. The summed E-state index contributed by atoms with van der Waals surface area (Å²) >= 11 is 0. The highest BCUT2D eigenvalue weighted by Crippen LogP contribution is 2.08. The van der Waals surface area contributed by atoms with Crippen LogP contribution >= 0.6 is 0 Å². The lowest BCUT2D eigenvalue weighted by Gasteiger charge is -2.18. The van der Waals surface area contributed by atoms with Crippen molar-refractivity contribution in [1.29, 1.82) is 0 Å². The highest BCUT2D eigenvalue weighted by Gasteiger charge is 2.20. The first-order valence-electron chi connectivity index (χ1n) is 6.90. The van der Waals surface area contributed by atoms with Crippen LogP contribution in [-0.2, 0) is 22.6 Å². The Hall–Kier alpha value is -1.36. The Bertz CT molecular complexity index is 388. The summed E-state index contributed by atoms with van der Waals surface area (Å²) in [6, 6.07) is 1.72. The number of carbonyl (C=O) groups excluding carboxylic acids is 1. The summed E-state index contributed by atoms with van der Waals surface area (Å²) in [6.07, 6.45) is 3.61. The fourth-order valence-corrected chi connectivity index (χ4v) is 2.03. The number of nitrogens with zero attached hydrogens (tertiary/aromatic N) is 2. The van der Waals surface area contributed by atoms with Crippen LogP contribution in [-0.4, -0.2) is 28.9 Å². The summed E-state index contributed by atoms with van der Waals surface area (Å²) in [5.41, 5.74) is 1.10. The summed E-state index contributed by atoms with van der Waals surface area (Å²) < 4.78 is 6.81. The molecule has 0 radical (unpaired) electrons. The number of methoxy groups -OCH3 is 1. The number of nitrogens with one attached hydrogen (secondary N) is 1. The lowest BCUT2D eigenvalue weighted by atomic mass is 10.0. The molecule has 1 aromatic heterocycles. The first kappa shape index (κ1) is 15.7. The largest absolute Gasteiger partial charge is 0.468 e. The zero-order valence-electron chi connectivity index (χ0n) is 12.3. The van der Waals surface area contributed by atoms with Crippen LogP contribution in [0.1, 0.15) is 39.3 Å². The van der Waals surface area contributed by atoms with E-state index in [2.05, 4.69) is 31.2 Å². The molecule has 0 aliphatic rings. The lowest BCUT2D eigenvalue weighted by molar-refractivity contribution is -0.143. The zero-order chi connectivity index (χ0) is 14.3. The normalized spacial score (nSPS) is 12.7. The van der Waals surface area contributed by atoms with Gasteiger partial charge in [-0.3, -0.25) is 14.8 Å². The van der Waals surface area contributed by atoms with Crippen molar-refractivity contribution in [3.8, 4) is 0 Å². The van der Waals surface area contributed by atoms with E-state index in [4.69, 9.17) is 4.74 Å². The molecule has 1 unspecified atom stereocenters. The molecular weight excluding hydrogens is 242 g/mol. The Morgan fingerprint density at radius 3 is 2.84 bits per heavy atom. The Labute approximate surface area is 115 Å². The highest BCUT2D eigenvalue weighted by molar-refractivity contribution is 5.75. The molecule has 5 nitrogen and oxygen atoms in total. The Kier molecular flexibility index (Phi) is 6.56. The van der Waals surface area contributed by atoms with Crippen LogP contribution in [0, 0.1) is 5.92 Å². The predicted octanol–water partition coefficient (Wildman–Crippen LogP) is 1.97. The zero-order valence-corrected chi connectivity index (χ0v) is 12.3. The molecule has 0 fully saturated rings. The molecular formula is C14H25N3O2. The topological polar surface area (TPSA) is 56.2 Å². The standard InChI is InChI=1S/C14H25N3O2/c1-5-8-17-12(6-7-16-17)10-15-13(9-11(2)3)14(18)19-4/h6-7,11,13,15H,5,8-10H2,1-4H3. The van der Waals surface area contributed by atoms with E-state index in [9.17, 15) is 4.79 Å². The molecule has 0 spiro atoms. The number of ether oxygens (including phenoxy) is 1. The maximum absolute atomic E-state index is 11.7. The Morgan fingerprint density at radius 2 is 2.26 bits per heavy atom. The molecule has 1 aromatic rings. The third-order valence-corrected chi connectivity index (χ3v) is 2.96. The Balaban J connectivity index is 2.59. The number of carbonyl (C=O) groups is 1. The summed E-state index contributed by atoms with van der Waals surface area (Å²) in [5, 5.41) is 7.54. The van der Waals surface area contributed by atoms with Crippen molar-refractivity contribution in [2.45, 2.75) is 52.7 Å². The molecule has 0 saturated heterocycles.